The number of hydrogen-bond acceptors (Lipinski definition) is 6. The van der Waals surface area contributed by atoms with E-state index in [0.29, 0.717) is 24.9 Å². The minimum atomic E-state index is -0.524. The summed E-state index contributed by atoms with van der Waals surface area (Å²) in [5, 5.41) is 4.56. The van der Waals surface area contributed by atoms with Crippen molar-refractivity contribution in [3.63, 3.8) is 0 Å². The summed E-state index contributed by atoms with van der Waals surface area (Å²) in [5.41, 5.74) is 0.746. The maximum atomic E-state index is 11.4. The van der Waals surface area contributed by atoms with Crippen LogP contribution in [0.5, 0.6) is 0 Å². The van der Waals surface area contributed by atoms with Gasteiger partial charge in [0, 0.05) is 19.3 Å². The summed E-state index contributed by atoms with van der Waals surface area (Å²) in [6, 6.07) is 1.15. The molecule has 0 unspecified atom stereocenters. The van der Waals surface area contributed by atoms with Crippen molar-refractivity contribution >= 4 is 24.0 Å². The summed E-state index contributed by atoms with van der Waals surface area (Å²) in [5.74, 6) is 0.133. The fraction of sp³-hybridized carbons (Fsp3) is 0.333. The molecule has 0 aromatic carbocycles. The van der Waals surface area contributed by atoms with Gasteiger partial charge in [-0.25, -0.2) is 14.8 Å². The molecule has 2 aliphatic rings. The van der Waals surface area contributed by atoms with Crippen LogP contribution in [0.25, 0.3) is 6.08 Å². The number of amides is 3. The number of carbonyl (C=O) groups is 2. The lowest BCUT2D eigenvalue weighted by molar-refractivity contribution is -0.115. The lowest BCUT2D eigenvalue weighted by Gasteiger charge is -2.26. The number of carbonyl (C=O) groups excluding carboxylic acids is 2. The summed E-state index contributed by atoms with van der Waals surface area (Å²) in [4.78, 5) is 33.1. The van der Waals surface area contributed by atoms with E-state index in [9.17, 15) is 9.59 Å². The van der Waals surface area contributed by atoms with E-state index < -0.39 is 11.9 Å². The van der Waals surface area contributed by atoms with Gasteiger partial charge in [0.1, 0.15) is 5.70 Å². The smallest absolute Gasteiger partial charge is 0.326 e. The molecule has 0 aliphatic carbocycles. The lowest BCUT2D eigenvalue weighted by atomic mass is 10.3. The molecule has 104 valence electrons. The maximum absolute atomic E-state index is 11.4. The van der Waals surface area contributed by atoms with Gasteiger partial charge in [-0.3, -0.25) is 10.1 Å². The van der Waals surface area contributed by atoms with Gasteiger partial charge in [-0.15, -0.1) is 0 Å². The monoisotopic (exact) mass is 275 g/mol. The number of imide groups is 1. The van der Waals surface area contributed by atoms with Crippen molar-refractivity contribution < 1.29 is 14.3 Å². The normalized spacial score (nSPS) is 21.0. The molecule has 0 bridgehead atoms. The zero-order valence-electron chi connectivity index (χ0n) is 10.6. The van der Waals surface area contributed by atoms with Crippen molar-refractivity contribution in [2.75, 3.05) is 31.2 Å². The fourth-order valence-electron chi connectivity index (χ4n) is 1.99. The second-order valence-electron chi connectivity index (χ2n) is 4.35. The lowest BCUT2D eigenvalue weighted by Crippen LogP contribution is -2.37. The Kier molecular flexibility index (Phi) is 3.30. The average Bonchev–Trinajstić information content (AvgIpc) is 2.78. The minimum absolute atomic E-state index is 0.182. The van der Waals surface area contributed by atoms with Crippen molar-refractivity contribution in [3.8, 4) is 0 Å². The molecule has 1 aromatic heterocycles. The van der Waals surface area contributed by atoms with E-state index in [1.165, 1.54) is 6.08 Å². The van der Waals surface area contributed by atoms with E-state index in [0.717, 1.165) is 13.1 Å². The van der Waals surface area contributed by atoms with Crippen molar-refractivity contribution in [3.05, 3.63) is 23.7 Å². The summed E-state index contributed by atoms with van der Waals surface area (Å²) in [6.07, 6.45) is 3.14. The van der Waals surface area contributed by atoms with Gasteiger partial charge in [-0.1, -0.05) is 0 Å². The van der Waals surface area contributed by atoms with E-state index in [1.807, 2.05) is 4.90 Å². The molecular formula is C12H13N5O3. The van der Waals surface area contributed by atoms with E-state index in [4.69, 9.17) is 4.74 Å². The highest BCUT2D eigenvalue weighted by Crippen LogP contribution is 2.12. The third kappa shape index (κ3) is 2.59. The maximum Gasteiger partial charge on any atom is 0.326 e. The molecule has 1 aromatic rings. The number of nitrogens with one attached hydrogen (secondary N) is 2. The number of urea groups is 1. The van der Waals surface area contributed by atoms with Crippen molar-refractivity contribution in [1.29, 1.82) is 0 Å². The molecule has 3 rings (SSSR count). The summed E-state index contributed by atoms with van der Waals surface area (Å²) in [6.45, 7) is 2.76. The van der Waals surface area contributed by atoms with Crippen LogP contribution in [0.3, 0.4) is 0 Å². The molecule has 0 radical (unpaired) electrons. The first-order valence-corrected chi connectivity index (χ1v) is 6.22. The molecule has 0 saturated carbocycles. The molecule has 8 nitrogen and oxygen atoms in total. The van der Waals surface area contributed by atoms with Crippen LogP contribution in [0.2, 0.25) is 0 Å². The first-order chi connectivity index (χ1) is 9.72. The highest BCUT2D eigenvalue weighted by Gasteiger charge is 2.23. The molecule has 2 N–H and O–H groups in total. The average molecular weight is 275 g/mol. The molecule has 8 heteroatoms. The third-order valence-electron chi connectivity index (χ3n) is 2.97. The Balaban J connectivity index is 1.82. The van der Waals surface area contributed by atoms with Gasteiger partial charge in [-0.05, 0) is 12.1 Å². The second kappa shape index (κ2) is 5.25. The Bertz CT molecular complexity index is 580. The molecule has 2 fully saturated rings. The minimum Gasteiger partial charge on any atom is -0.378 e. The van der Waals surface area contributed by atoms with Gasteiger partial charge >= 0.3 is 6.03 Å². The standard InChI is InChI=1S/C12H13N5O3/c18-10-9(15-12(19)16-10)7-8-1-2-13-11(14-8)17-3-5-20-6-4-17/h1-2,7H,3-6H2,(H2,15,16,18,19)/b9-7-. The third-order valence-corrected chi connectivity index (χ3v) is 2.97. The molecule has 20 heavy (non-hydrogen) atoms. The number of nitrogens with zero attached hydrogens (tertiary/aromatic N) is 3. The number of anilines is 1. The number of hydrogen-bond donors (Lipinski definition) is 2. The first-order valence-electron chi connectivity index (χ1n) is 6.22. The molecule has 2 aliphatic heterocycles. The van der Waals surface area contributed by atoms with Crippen LogP contribution in [-0.4, -0.2) is 48.2 Å². The predicted molar refractivity (Wildman–Crippen MR) is 69.7 cm³/mol. The SMILES string of the molecule is O=C1NC(=O)/C(=C/c2ccnc(N3CCOCC3)n2)N1. The molecule has 3 heterocycles. The first kappa shape index (κ1) is 12.5. The van der Waals surface area contributed by atoms with Crippen LogP contribution < -0.4 is 15.5 Å². The van der Waals surface area contributed by atoms with Gasteiger partial charge < -0.3 is 15.0 Å². The van der Waals surface area contributed by atoms with Crippen molar-refractivity contribution in [2.45, 2.75) is 0 Å². The van der Waals surface area contributed by atoms with Crippen molar-refractivity contribution in [2.24, 2.45) is 0 Å². The molecule has 0 atom stereocenters. The summed E-state index contributed by atoms with van der Waals surface area (Å²) < 4.78 is 5.28. The Hall–Kier alpha value is -2.48. The fourth-order valence-corrected chi connectivity index (χ4v) is 1.99. The Morgan fingerprint density at radius 1 is 1.25 bits per heavy atom. The van der Waals surface area contributed by atoms with Crippen LogP contribution in [0, 0.1) is 0 Å². The molecule has 0 spiro atoms. The van der Waals surface area contributed by atoms with Gasteiger partial charge in [0.15, 0.2) is 0 Å². The second-order valence-corrected chi connectivity index (χ2v) is 4.35. The summed E-state index contributed by atoms with van der Waals surface area (Å²) in [7, 11) is 0. The van der Waals surface area contributed by atoms with Crippen LogP contribution in [0.1, 0.15) is 5.69 Å². The zero-order chi connectivity index (χ0) is 13.9. The van der Waals surface area contributed by atoms with E-state index in [-0.39, 0.29) is 5.70 Å². The highest BCUT2D eigenvalue weighted by atomic mass is 16.5. The summed E-state index contributed by atoms with van der Waals surface area (Å²) >= 11 is 0. The van der Waals surface area contributed by atoms with Crippen LogP contribution in [0.15, 0.2) is 18.0 Å². The van der Waals surface area contributed by atoms with Gasteiger partial charge in [0.2, 0.25) is 5.95 Å². The number of rotatable bonds is 2. The largest absolute Gasteiger partial charge is 0.378 e. The van der Waals surface area contributed by atoms with Crippen LogP contribution >= 0.6 is 0 Å². The number of aromatic nitrogens is 2. The van der Waals surface area contributed by atoms with Gasteiger partial charge in [-0.2, -0.15) is 0 Å². The Labute approximate surface area is 114 Å². The zero-order valence-corrected chi connectivity index (χ0v) is 10.6. The van der Waals surface area contributed by atoms with Crippen molar-refractivity contribution in [1.82, 2.24) is 20.6 Å². The topological polar surface area (TPSA) is 96.5 Å². The predicted octanol–water partition coefficient (Wildman–Crippen LogP) is -0.507. The van der Waals surface area contributed by atoms with Crippen LogP contribution in [0.4, 0.5) is 10.7 Å². The molecule has 2 saturated heterocycles. The Morgan fingerprint density at radius 2 is 2.05 bits per heavy atom. The number of morpholine rings is 1. The van der Waals surface area contributed by atoms with Crippen LogP contribution in [-0.2, 0) is 9.53 Å². The van der Waals surface area contributed by atoms with Gasteiger partial charge in [0.25, 0.3) is 5.91 Å². The molecular weight excluding hydrogens is 262 g/mol. The number of ether oxygens (including phenoxy) is 1. The van der Waals surface area contributed by atoms with E-state index >= 15 is 0 Å². The van der Waals surface area contributed by atoms with E-state index in [2.05, 4.69) is 20.6 Å². The highest BCUT2D eigenvalue weighted by molar-refractivity contribution is 6.13. The van der Waals surface area contributed by atoms with E-state index in [1.54, 1.807) is 12.3 Å². The molecule has 3 amide bonds. The van der Waals surface area contributed by atoms with Gasteiger partial charge in [0.05, 0.1) is 18.9 Å². The quantitative estimate of drug-likeness (QED) is 0.557. The Morgan fingerprint density at radius 3 is 2.75 bits per heavy atom.